The lowest BCUT2D eigenvalue weighted by Crippen LogP contribution is -2.56. The van der Waals surface area contributed by atoms with Gasteiger partial charge >= 0.3 is 0 Å². The largest absolute Gasteiger partial charge is 0.262 e. The van der Waals surface area contributed by atoms with Crippen molar-refractivity contribution in [2.24, 2.45) is 0 Å². The van der Waals surface area contributed by atoms with Crippen molar-refractivity contribution in [2.45, 2.75) is 0 Å². The van der Waals surface area contributed by atoms with Gasteiger partial charge in [-0.25, -0.2) is 0 Å². The number of benzene rings is 3. The van der Waals surface area contributed by atoms with E-state index in [1.807, 2.05) is 59.8 Å². The van der Waals surface area contributed by atoms with Crippen molar-refractivity contribution in [1.82, 2.24) is 0 Å². The van der Waals surface area contributed by atoms with E-state index in [0.29, 0.717) is 10.7 Å². The lowest BCUT2D eigenvalue weighted by atomic mass is 9.94. The average molecular weight is 295 g/mol. The van der Waals surface area contributed by atoms with E-state index in [1.54, 1.807) is 18.2 Å². The Morgan fingerprint density at radius 1 is 0.714 bits per heavy atom. The molecule has 0 radical (unpaired) electrons. The van der Waals surface area contributed by atoms with Crippen LogP contribution in [0.4, 0.5) is 5.69 Å². The molecular formula is C18H13ClNO+. The predicted molar refractivity (Wildman–Crippen MR) is 86.3 cm³/mol. The second-order valence-electron chi connectivity index (χ2n) is 4.68. The summed E-state index contributed by atoms with van der Waals surface area (Å²) in [5.41, 5.74) is 4.28. The number of rotatable bonds is 3. The van der Waals surface area contributed by atoms with Crippen LogP contribution in [0.2, 0.25) is 5.02 Å². The van der Waals surface area contributed by atoms with Crippen LogP contribution < -0.4 is 5.18 Å². The van der Waals surface area contributed by atoms with E-state index in [-0.39, 0.29) is 0 Å². The molecule has 0 aliphatic rings. The Morgan fingerprint density at radius 3 is 2.10 bits per heavy atom. The highest BCUT2D eigenvalue weighted by Crippen LogP contribution is 2.38. The highest BCUT2D eigenvalue weighted by molar-refractivity contribution is 6.34. The molecule has 102 valence electrons. The highest BCUT2D eigenvalue weighted by atomic mass is 35.5. The van der Waals surface area contributed by atoms with E-state index in [1.165, 1.54) is 0 Å². The Kier molecular flexibility index (Phi) is 3.80. The Balaban J connectivity index is 2.28. The topological polar surface area (TPSA) is 31.0 Å². The van der Waals surface area contributed by atoms with Gasteiger partial charge in [-0.05, 0) is 22.8 Å². The number of nitroso groups, excluding NO2 is 1. The highest BCUT2D eigenvalue weighted by Gasteiger charge is 2.17. The monoisotopic (exact) mass is 294 g/mol. The maximum absolute atomic E-state index is 11.2. The molecule has 2 nitrogen and oxygen atoms in total. The molecule has 1 N–H and O–H groups in total. The van der Waals surface area contributed by atoms with Crippen LogP contribution in [0.25, 0.3) is 22.3 Å². The fraction of sp³-hybridized carbons (Fsp3) is 0. The normalized spacial score (nSPS) is 10.3. The molecule has 0 heterocycles. The molecule has 0 aliphatic heterocycles. The zero-order chi connectivity index (χ0) is 14.7. The Morgan fingerprint density at radius 2 is 1.38 bits per heavy atom. The molecule has 0 spiro atoms. The van der Waals surface area contributed by atoms with Crippen molar-refractivity contribution >= 4 is 17.3 Å². The fourth-order valence-corrected chi connectivity index (χ4v) is 2.73. The maximum atomic E-state index is 11.2. The number of halogens is 1. The summed E-state index contributed by atoms with van der Waals surface area (Å²) in [6.45, 7) is 0. The summed E-state index contributed by atoms with van der Waals surface area (Å²) < 4.78 is 0. The molecule has 0 fully saturated rings. The summed E-state index contributed by atoms with van der Waals surface area (Å²) in [4.78, 5) is 11.2. The van der Waals surface area contributed by atoms with Crippen LogP contribution in [0, 0.1) is 4.91 Å². The summed E-state index contributed by atoms with van der Waals surface area (Å²) in [7, 11) is 0. The molecule has 0 amide bonds. The molecule has 0 saturated heterocycles. The molecule has 0 unspecified atom stereocenters. The summed E-state index contributed by atoms with van der Waals surface area (Å²) in [5, 5.41) is 2.53. The van der Waals surface area contributed by atoms with Gasteiger partial charge in [0.05, 0.1) is 10.6 Å². The van der Waals surface area contributed by atoms with Gasteiger partial charge in [0, 0.05) is 16.2 Å². The van der Waals surface area contributed by atoms with Crippen LogP contribution in [-0.4, -0.2) is 0 Å². The Labute approximate surface area is 128 Å². The van der Waals surface area contributed by atoms with Crippen molar-refractivity contribution in [3.05, 3.63) is 82.7 Å². The van der Waals surface area contributed by atoms with E-state index < -0.39 is 0 Å². The molecule has 0 saturated carbocycles. The number of hydrogen-bond acceptors (Lipinski definition) is 1. The molecule has 3 rings (SSSR count). The molecule has 3 aromatic rings. The maximum Gasteiger partial charge on any atom is 0.262 e. The second-order valence-corrected chi connectivity index (χ2v) is 5.08. The van der Waals surface area contributed by atoms with Crippen LogP contribution in [0.5, 0.6) is 0 Å². The van der Waals surface area contributed by atoms with Gasteiger partial charge < -0.3 is 0 Å². The summed E-state index contributed by atoms with van der Waals surface area (Å²) in [5.74, 6) is 0. The second kappa shape index (κ2) is 5.90. The summed E-state index contributed by atoms with van der Waals surface area (Å²) >= 11 is 6.32. The first-order valence-corrected chi connectivity index (χ1v) is 7.00. The third kappa shape index (κ3) is 2.58. The molecule has 0 aromatic heterocycles. The van der Waals surface area contributed by atoms with E-state index in [4.69, 9.17) is 11.6 Å². The first-order valence-electron chi connectivity index (χ1n) is 6.63. The Bertz CT molecular complexity index is 784. The van der Waals surface area contributed by atoms with Crippen molar-refractivity contribution in [3.8, 4) is 22.3 Å². The van der Waals surface area contributed by atoms with Crippen LogP contribution in [-0.2, 0) is 0 Å². The molecule has 21 heavy (non-hydrogen) atoms. The standard InChI is InChI=1S/C18H12ClNO/c19-16-11-6-12-17(20-21)18(16)15-10-5-4-9-14(15)13-7-2-1-3-8-13/h1-12H/p+1. The SMILES string of the molecule is O=[NH+]c1cccc(Cl)c1-c1ccccc1-c1ccccc1. The molecule has 0 bridgehead atoms. The lowest BCUT2D eigenvalue weighted by molar-refractivity contribution is -0.378. The van der Waals surface area contributed by atoms with Gasteiger partial charge in [-0.1, -0.05) is 72.3 Å². The molecule has 0 aliphatic carbocycles. The van der Waals surface area contributed by atoms with E-state index in [0.717, 1.165) is 22.3 Å². The lowest BCUT2D eigenvalue weighted by Gasteiger charge is -2.10. The van der Waals surface area contributed by atoms with Crippen molar-refractivity contribution in [2.75, 3.05) is 0 Å². The van der Waals surface area contributed by atoms with Gasteiger partial charge in [0.1, 0.15) is 0 Å². The fourth-order valence-electron chi connectivity index (χ4n) is 2.45. The third-order valence-electron chi connectivity index (χ3n) is 3.40. The summed E-state index contributed by atoms with van der Waals surface area (Å²) in [6, 6.07) is 23.3. The van der Waals surface area contributed by atoms with Gasteiger partial charge in [0.15, 0.2) is 0 Å². The van der Waals surface area contributed by atoms with Crippen molar-refractivity contribution < 1.29 is 5.18 Å². The quantitative estimate of drug-likeness (QED) is 0.773. The summed E-state index contributed by atoms with van der Waals surface area (Å²) in [6.07, 6.45) is 0. The third-order valence-corrected chi connectivity index (χ3v) is 3.72. The van der Waals surface area contributed by atoms with Gasteiger partial charge in [-0.15, -0.1) is 0 Å². The molecule has 3 heteroatoms. The van der Waals surface area contributed by atoms with Crippen LogP contribution >= 0.6 is 11.6 Å². The average Bonchev–Trinajstić information content (AvgIpc) is 2.55. The van der Waals surface area contributed by atoms with Gasteiger partial charge in [-0.2, -0.15) is 0 Å². The van der Waals surface area contributed by atoms with Crippen molar-refractivity contribution in [1.29, 1.82) is 0 Å². The molecular weight excluding hydrogens is 282 g/mol. The number of hydrogen-bond donors (Lipinski definition) is 1. The first kappa shape index (κ1) is 13.5. The zero-order valence-electron chi connectivity index (χ0n) is 11.2. The van der Waals surface area contributed by atoms with Crippen molar-refractivity contribution in [3.63, 3.8) is 0 Å². The van der Waals surface area contributed by atoms with Gasteiger partial charge in [-0.3, -0.25) is 0 Å². The van der Waals surface area contributed by atoms with Gasteiger partial charge in [0.25, 0.3) is 5.69 Å². The first-order chi connectivity index (χ1) is 10.3. The smallest absolute Gasteiger partial charge is 0.0834 e. The van der Waals surface area contributed by atoms with E-state index in [9.17, 15) is 4.91 Å². The molecule has 3 aromatic carbocycles. The minimum absolute atomic E-state index is 0.478. The molecule has 0 atom stereocenters. The van der Waals surface area contributed by atoms with Crippen LogP contribution in [0.1, 0.15) is 0 Å². The number of nitrogens with one attached hydrogen (secondary N) is 1. The van der Waals surface area contributed by atoms with E-state index >= 15 is 0 Å². The predicted octanol–water partition coefficient (Wildman–Crippen LogP) is 4.15. The minimum Gasteiger partial charge on any atom is -0.0834 e. The Hall–Kier alpha value is -2.45. The zero-order valence-corrected chi connectivity index (χ0v) is 12.0. The minimum atomic E-state index is 0.478. The van der Waals surface area contributed by atoms with E-state index in [2.05, 4.69) is 0 Å². The van der Waals surface area contributed by atoms with Crippen LogP contribution in [0.15, 0.2) is 72.8 Å². The van der Waals surface area contributed by atoms with Crippen LogP contribution in [0.3, 0.4) is 0 Å². The van der Waals surface area contributed by atoms with Gasteiger partial charge in [0.2, 0.25) is 0 Å².